The van der Waals surface area contributed by atoms with Gasteiger partial charge in [0.15, 0.2) is 0 Å². The first-order chi connectivity index (χ1) is 15.0. The Morgan fingerprint density at radius 2 is 2.00 bits per heavy atom. The van der Waals surface area contributed by atoms with E-state index in [1.165, 1.54) is 0 Å². The number of fused-ring (bicyclic) bond motifs is 1. The maximum Gasteiger partial charge on any atom is 0.255 e. The predicted molar refractivity (Wildman–Crippen MR) is 121 cm³/mol. The van der Waals surface area contributed by atoms with Crippen LogP contribution in [0.25, 0.3) is 10.9 Å². The molecule has 31 heavy (non-hydrogen) atoms. The quantitative estimate of drug-likeness (QED) is 0.422. The molecule has 0 aliphatic carbocycles. The predicted octanol–water partition coefficient (Wildman–Crippen LogP) is 3.02. The number of benzene rings is 2. The van der Waals surface area contributed by atoms with Crippen LogP contribution < -0.4 is 10.1 Å². The largest absolute Gasteiger partial charge is 0.490 e. The highest BCUT2D eigenvalue weighted by Gasteiger charge is 2.19. The summed E-state index contributed by atoms with van der Waals surface area (Å²) in [5.41, 5.74) is 3.06. The van der Waals surface area contributed by atoms with E-state index >= 15 is 0 Å². The topological polar surface area (TPSA) is 94.6 Å². The van der Waals surface area contributed by atoms with Gasteiger partial charge in [-0.1, -0.05) is 30.0 Å². The Hall–Kier alpha value is -3.27. The van der Waals surface area contributed by atoms with Crippen LogP contribution >= 0.6 is 0 Å². The van der Waals surface area contributed by atoms with Gasteiger partial charge in [-0.25, -0.2) is 0 Å². The molecule has 0 aliphatic heterocycles. The Morgan fingerprint density at radius 3 is 2.74 bits per heavy atom. The van der Waals surface area contributed by atoms with Gasteiger partial charge < -0.3 is 25.3 Å². The first-order valence-electron chi connectivity index (χ1n) is 10.4. The van der Waals surface area contributed by atoms with Gasteiger partial charge in [-0.2, -0.15) is 0 Å². The maximum absolute atomic E-state index is 13.1. The molecule has 0 spiro atoms. The number of rotatable bonds is 8. The molecule has 3 rings (SSSR count). The monoisotopic (exact) mass is 420 g/mol. The van der Waals surface area contributed by atoms with Crippen LogP contribution in [-0.2, 0) is 6.42 Å². The molecule has 1 unspecified atom stereocenters. The minimum atomic E-state index is -0.456. The van der Waals surface area contributed by atoms with Gasteiger partial charge in [0.1, 0.15) is 5.75 Å². The number of nitrogens with one attached hydrogen (secondary N) is 2. The van der Waals surface area contributed by atoms with E-state index < -0.39 is 6.04 Å². The van der Waals surface area contributed by atoms with Gasteiger partial charge in [-0.15, -0.1) is 0 Å². The van der Waals surface area contributed by atoms with Crippen LogP contribution in [-0.4, -0.2) is 46.5 Å². The summed E-state index contributed by atoms with van der Waals surface area (Å²) < 4.78 is 5.81. The van der Waals surface area contributed by atoms with Crippen LogP contribution in [0.15, 0.2) is 48.7 Å². The van der Waals surface area contributed by atoms with Crippen molar-refractivity contribution >= 4 is 16.8 Å². The number of carbonyl (C=O) groups excluding carboxylic acids is 1. The third kappa shape index (κ3) is 5.88. The minimum Gasteiger partial charge on any atom is -0.490 e. The van der Waals surface area contributed by atoms with Crippen molar-refractivity contribution in [3.8, 4) is 17.6 Å². The number of aromatic amines is 1. The summed E-state index contributed by atoms with van der Waals surface area (Å²) in [7, 11) is 0. The lowest BCUT2D eigenvalue weighted by molar-refractivity contribution is 0.0910. The number of amides is 1. The molecule has 6 nitrogen and oxygen atoms in total. The lowest BCUT2D eigenvalue weighted by Crippen LogP contribution is -2.39. The molecule has 6 heteroatoms. The van der Waals surface area contributed by atoms with Crippen molar-refractivity contribution < 1.29 is 19.7 Å². The normalized spacial score (nSPS) is 11.8. The number of carbonyl (C=O) groups is 1. The van der Waals surface area contributed by atoms with Gasteiger partial charge in [-0.3, -0.25) is 4.79 Å². The van der Waals surface area contributed by atoms with Crippen molar-refractivity contribution in [2.24, 2.45) is 0 Å². The fourth-order valence-electron chi connectivity index (χ4n) is 3.35. The Labute approximate surface area is 182 Å². The van der Waals surface area contributed by atoms with E-state index in [-0.39, 0.29) is 25.2 Å². The third-order valence-electron chi connectivity index (χ3n) is 4.75. The third-order valence-corrected chi connectivity index (χ3v) is 4.75. The van der Waals surface area contributed by atoms with Crippen molar-refractivity contribution in [2.75, 3.05) is 13.2 Å². The van der Waals surface area contributed by atoms with Crippen molar-refractivity contribution in [1.82, 2.24) is 10.3 Å². The molecule has 0 fully saturated rings. The van der Waals surface area contributed by atoms with E-state index in [9.17, 15) is 9.90 Å². The summed E-state index contributed by atoms with van der Waals surface area (Å²) in [6.45, 7) is 3.58. The van der Waals surface area contributed by atoms with Gasteiger partial charge >= 0.3 is 0 Å². The number of H-pyrrole nitrogens is 1. The van der Waals surface area contributed by atoms with Crippen LogP contribution in [0.2, 0.25) is 0 Å². The molecular formula is C25H28N2O4. The number of aromatic nitrogens is 1. The molecule has 2 aromatic carbocycles. The minimum absolute atomic E-state index is 0.0130. The zero-order valence-corrected chi connectivity index (χ0v) is 17.8. The molecule has 0 saturated carbocycles. The van der Waals surface area contributed by atoms with E-state index in [0.717, 1.165) is 16.5 Å². The number of aliphatic hydroxyl groups is 2. The standard InChI is InChI=1S/C25H28N2O4/c1-17(2)31-24-11-10-18(7-5-6-12-28)13-22(24)25(30)27-20(16-29)14-19-15-26-23-9-4-3-8-21(19)23/h3-4,8-11,13,15,17,20,26,28-29H,6,12,14,16H2,1-2H3,(H,27,30). The second-order valence-electron chi connectivity index (χ2n) is 7.57. The smallest absolute Gasteiger partial charge is 0.255 e. The highest BCUT2D eigenvalue weighted by molar-refractivity contribution is 5.97. The van der Waals surface area contributed by atoms with Crippen LogP contribution in [0.3, 0.4) is 0 Å². The molecule has 1 aromatic heterocycles. The van der Waals surface area contributed by atoms with E-state index in [1.807, 2.05) is 44.3 Å². The van der Waals surface area contributed by atoms with E-state index in [0.29, 0.717) is 29.7 Å². The first kappa shape index (κ1) is 22.4. The molecule has 3 aromatic rings. The fourth-order valence-corrected chi connectivity index (χ4v) is 3.35. The first-order valence-corrected chi connectivity index (χ1v) is 10.4. The van der Waals surface area contributed by atoms with E-state index in [2.05, 4.69) is 22.1 Å². The van der Waals surface area contributed by atoms with E-state index in [4.69, 9.17) is 9.84 Å². The Balaban J connectivity index is 1.82. The molecule has 1 atom stereocenters. The second kappa shape index (κ2) is 10.7. The zero-order valence-electron chi connectivity index (χ0n) is 17.8. The molecule has 0 radical (unpaired) electrons. The Bertz CT molecular complexity index is 1090. The number of aliphatic hydroxyl groups excluding tert-OH is 2. The average Bonchev–Trinajstić information content (AvgIpc) is 3.16. The summed E-state index contributed by atoms with van der Waals surface area (Å²) in [4.78, 5) is 16.3. The van der Waals surface area contributed by atoms with Crippen molar-refractivity contribution in [3.05, 3.63) is 65.4 Å². The summed E-state index contributed by atoms with van der Waals surface area (Å²) >= 11 is 0. The SMILES string of the molecule is CC(C)Oc1ccc(C#CCCO)cc1C(=O)NC(CO)Cc1c[nH]c2ccccc12. The average molecular weight is 421 g/mol. The van der Waals surface area contributed by atoms with Crippen molar-refractivity contribution in [2.45, 2.75) is 38.8 Å². The van der Waals surface area contributed by atoms with Crippen LogP contribution in [0.5, 0.6) is 5.75 Å². The Kier molecular flexibility index (Phi) is 7.71. The van der Waals surface area contributed by atoms with Gasteiger partial charge in [0.2, 0.25) is 0 Å². The maximum atomic E-state index is 13.1. The molecular weight excluding hydrogens is 392 g/mol. The summed E-state index contributed by atoms with van der Waals surface area (Å²) in [5.74, 6) is 5.94. The van der Waals surface area contributed by atoms with Gasteiger partial charge in [0.25, 0.3) is 5.91 Å². The lowest BCUT2D eigenvalue weighted by atomic mass is 10.0. The van der Waals surface area contributed by atoms with Crippen LogP contribution in [0.4, 0.5) is 0 Å². The highest BCUT2D eigenvalue weighted by Crippen LogP contribution is 2.23. The second-order valence-corrected chi connectivity index (χ2v) is 7.57. The molecule has 1 heterocycles. The van der Waals surface area contributed by atoms with E-state index in [1.54, 1.807) is 18.2 Å². The van der Waals surface area contributed by atoms with Gasteiger partial charge in [0, 0.05) is 29.1 Å². The number of para-hydroxylation sites is 1. The molecule has 0 saturated heterocycles. The number of hydrogen-bond donors (Lipinski definition) is 4. The molecule has 0 bridgehead atoms. The number of ether oxygens (including phenoxy) is 1. The Morgan fingerprint density at radius 1 is 1.19 bits per heavy atom. The van der Waals surface area contributed by atoms with Crippen LogP contribution in [0, 0.1) is 11.8 Å². The summed E-state index contributed by atoms with van der Waals surface area (Å²) in [5, 5.41) is 22.8. The molecule has 1 amide bonds. The van der Waals surface area contributed by atoms with Crippen molar-refractivity contribution in [1.29, 1.82) is 0 Å². The lowest BCUT2D eigenvalue weighted by Gasteiger charge is -2.19. The van der Waals surface area contributed by atoms with Crippen LogP contribution in [0.1, 0.15) is 41.8 Å². The van der Waals surface area contributed by atoms with Crippen molar-refractivity contribution in [3.63, 3.8) is 0 Å². The summed E-state index contributed by atoms with van der Waals surface area (Å²) in [6, 6.07) is 12.7. The summed E-state index contributed by atoms with van der Waals surface area (Å²) in [6.07, 6.45) is 2.66. The van der Waals surface area contributed by atoms with Gasteiger partial charge in [0.05, 0.1) is 30.9 Å². The van der Waals surface area contributed by atoms with Gasteiger partial charge in [-0.05, 0) is 50.1 Å². The highest BCUT2D eigenvalue weighted by atomic mass is 16.5. The molecule has 0 aliphatic rings. The molecule has 4 N–H and O–H groups in total. The molecule has 162 valence electrons. The fraction of sp³-hybridized carbons (Fsp3) is 0.320. The number of hydrogen-bond acceptors (Lipinski definition) is 4. The zero-order chi connectivity index (χ0) is 22.2.